The van der Waals surface area contributed by atoms with Gasteiger partial charge in [-0.25, -0.2) is 0 Å². The quantitative estimate of drug-likeness (QED) is 0.695. The molecule has 0 fully saturated rings. The summed E-state index contributed by atoms with van der Waals surface area (Å²) in [6.07, 6.45) is 3.85. The topological polar surface area (TPSA) is 94.2 Å². The summed E-state index contributed by atoms with van der Waals surface area (Å²) in [7, 11) is 0. The molecule has 0 bridgehead atoms. The number of nitrogens with zero attached hydrogens (tertiary/aromatic N) is 2. The Morgan fingerprint density at radius 1 is 1.22 bits per heavy atom. The van der Waals surface area contributed by atoms with Crippen LogP contribution in [0.1, 0.15) is 32.8 Å². The highest BCUT2D eigenvalue weighted by Gasteiger charge is 2.16. The van der Waals surface area contributed by atoms with Crippen molar-refractivity contribution < 1.29 is 14.3 Å². The molecule has 7 heteroatoms. The molecular formula is C20H21N3O4. The molecular weight excluding hydrogens is 346 g/mol. The monoisotopic (exact) mass is 367 g/mol. The summed E-state index contributed by atoms with van der Waals surface area (Å²) in [5.74, 6) is 0.268. The largest absolute Gasteiger partial charge is 0.460 e. The number of ether oxygens (including phenoxy) is 2. The Bertz CT molecular complexity index is 1020. The van der Waals surface area contributed by atoms with Crippen LogP contribution in [0.15, 0.2) is 47.5 Å². The van der Waals surface area contributed by atoms with Crippen LogP contribution >= 0.6 is 0 Å². The summed E-state index contributed by atoms with van der Waals surface area (Å²) in [5.41, 5.74) is 0.587. The molecule has 0 aliphatic heterocycles. The second-order valence-electron chi connectivity index (χ2n) is 7.10. The van der Waals surface area contributed by atoms with Crippen molar-refractivity contribution in [3.8, 4) is 11.8 Å². The molecule has 0 aliphatic rings. The average Bonchev–Trinajstić information content (AvgIpc) is 2.59. The lowest BCUT2D eigenvalue weighted by molar-refractivity contribution is -0.154. The Morgan fingerprint density at radius 3 is 2.81 bits per heavy atom. The van der Waals surface area contributed by atoms with Crippen LogP contribution in [0, 0.1) is 0 Å². The lowest BCUT2D eigenvalue weighted by Crippen LogP contribution is -2.24. The second kappa shape index (κ2) is 7.57. The first-order valence-electron chi connectivity index (χ1n) is 8.63. The van der Waals surface area contributed by atoms with Gasteiger partial charge in [0.15, 0.2) is 0 Å². The number of fused-ring (bicyclic) bond motifs is 1. The van der Waals surface area contributed by atoms with Crippen LogP contribution in [-0.2, 0) is 16.0 Å². The van der Waals surface area contributed by atoms with Crippen molar-refractivity contribution in [1.82, 2.24) is 15.0 Å². The van der Waals surface area contributed by atoms with Crippen molar-refractivity contribution in [3.05, 3.63) is 58.6 Å². The predicted octanol–water partition coefficient (Wildman–Crippen LogP) is 3.38. The highest BCUT2D eigenvalue weighted by molar-refractivity contribution is 5.76. The molecule has 0 unspecified atom stereocenters. The number of benzene rings is 1. The molecule has 3 aromatic rings. The minimum absolute atomic E-state index is 0.0878. The van der Waals surface area contributed by atoms with Crippen LogP contribution in [0.5, 0.6) is 11.8 Å². The van der Waals surface area contributed by atoms with Crippen molar-refractivity contribution in [3.63, 3.8) is 0 Å². The number of aryl methyl sites for hydroxylation is 1. The zero-order chi connectivity index (χ0) is 19.4. The molecule has 0 atom stereocenters. The van der Waals surface area contributed by atoms with Gasteiger partial charge in [-0.15, -0.1) is 0 Å². The number of nitrogens with one attached hydrogen (secondary N) is 1. The fourth-order valence-electron chi connectivity index (χ4n) is 2.53. The smallest absolute Gasteiger partial charge is 0.306 e. The van der Waals surface area contributed by atoms with E-state index < -0.39 is 5.60 Å². The van der Waals surface area contributed by atoms with E-state index in [4.69, 9.17) is 9.47 Å². The van der Waals surface area contributed by atoms with Crippen molar-refractivity contribution in [2.75, 3.05) is 0 Å². The Labute approximate surface area is 156 Å². The molecule has 2 heterocycles. The van der Waals surface area contributed by atoms with Gasteiger partial charge in [-0.1, -0.05) is 12.1 Å². The first kappa shape index (κ1) is 18.6. The van der Waals surface area contributed by atoms with Crippen molar-refractivity contribution in [2.24, 2.45) is 0 Å². The molecule has 1 N–H and O–H groups in total. The summed E-state index contributed by atoms with van der Waals surface area (Å²) in [6, 6.07) is 8.97. The standard InChI is InChI=1S/C20H21N3O4/c1-20(2,3)27-17(24)8-7-13-5-4-6-14(11-13)26-19-22-16-12-21-10-9-15(16)18(25)23-19/h4-6,9-12H,7-8H2,1-3H3,(H,22,23,25). The van der Waals surface area contributed by atoms with Crippen LogP contribution in [0.3, 0.4) is 0 Å². The number of carbonyl (C=O) groups excluding carboxylic acids is 1. The normalized spacial score (nSPS) is 11.4. The van der Waals surface area contributed by atoms with Gasteiger partial charge < -0.3 is 9.47 Å². The second-order valence-corrected chi connectivity index (χ2v) is 7.10. The molecule has 0 saturated heterocycles. The average molecular weight is 367 g/mol. The first-order chi connectivity index (χ1) is 12.8. The summed E-state index contributed by atoms with van der Waals surface area (Å²) in [4.78, 5) is 34.8. The molecule has 0 amide bonds. The van der Waals surface area contributed by atoms with Crippen molar-refractivity contribution in [2.45, 2.75) is 39.2 Å². The first-order valence-corrected chi connectivity index (χ1v) is 8.63. The van der Waals surface area contributed by atoms with Crippen LogP contribution in [0.2, 0.25) is 0 Å². The number of hydrogen-bond acceptors (Lipinski definition) is 6. The highest BCUT2D eigenvalue weighted by atomic mass is 16.6. The molecule has 0 spiro atoms. The summed E-state index contributed by atoms with van der Waals surface area (Å²) >= 11 is 0. The van der Waals surface area contributed by atoms with E-state index in [-0.39, 0.29) is 24.0 Å². The molecule has 0 aliphatic carbocycles. The highest BCUT2D eigenvalue weighted by Crippen LogP contribution is 2.20. The van der Waals surface area contributed by atoms with E-state index in [2.05, 4.69) is 15.0 Å². The van der Waals surface area contributed by atoms with Gasteiger partial charge in [0, 0.05) is 12.6 Å². The lowest BCUT2D eigenvalue weighted by Gasteiger charge is -2.19. The van der Waals surface area contributed by atoms with Gasteiger partial charge in [-0.2, -0.15) is 4.98 Å². The minimum Gasteiger partial charge on any atom is -0.460 e. The SMILES string of the molecule is CC(C)(C)OC(=O)CCc1cccc(Oc2nc3cnccc3c(=O)[nH]2)c1. The number of H-pyrrole nitrogens is 1. The van der Waals surface area contributed by atoms with E-state index in [1.54, 1.807) is 18.2 Å². The third-order valence-corrected chi connectivity index (χ3v) is 3.64. The van der Waals surface area contributed by atoms with Gasteiger partial charge >= 0.3 is 12.0 Å². The molecule has 1 aromatic carbocycles. The fourth-order valence-corrected chi connectivity index (χ4v) is 2.53. The van der Waals surface area contributed by atoms with Crippen LogP contribution in [0.4, 0.5) is 0 Å². The number of esters is 1. The van der Waals surface area contributed by atoms with Crippen LogP contribution in [0.25, 0.3) is 10.9 Å². The van der Waals surface area contributed by atoms with Gasteiger partial charge in [0.25, 0.3) is 5.56 Å². The number of carbonyl (C=O) groups is 1. The summed E-state index contributed by atoms with van der Waals surface area (Å²) < 4.78 is 11.0. The number of hydrogen-bond donors (Lipinski definition) is 1. The van der Waals surface area contributed by atoms with Gasteiger partial charge in [-0.3, -0.25) is 19.6 Å². The lowest BCUT2D eigenvalue weighted by atomic mass is 10.1. The Balaban J connectivity index is 1.71. The van der Waals surface area contributed by atoms with Gasteiger partial charge in [-0.05, 0) is 51.0 Å². The maximum atomic E-state index is 12.1. The number of aromatic nitrogens is 3. The zero-order valence-corrected chi connectivity index (χ0v) is 15.5. The maximum Gasteiger partial charge on any atom is 0.306 e. The Kier molecular flexibility index (Phi) is 5.21. The van der Waals surface area contributed by atoms with E-state index in [1.807, 2.05) is 32.9 Å². The number of rotatable bonds is 5. The van der Waals surface area contributed by atoms with Gasteiger partial charge in [0.2, 0.25) is 0 Å². The third-order valence-electron chi connectivity index (χ3n) is 3.64. The van der Waals surface area contributed by atoms with Gasteiger partial charge in [0.05, 0.1) is 17.1 Å². The maximum absolute atomic E-state index is 12.1. The summed E-state index contributed by atoms with van der Waals surface area (Å²) in [5, 5.41) is 0.448. The van der Waals surface area contributed by atoms with E-state index in [9.17, 15) is 9.59 Å². The third kappa shape index (κ3) is 5.13. The molecule has 140 valence electrons. The minimum atomic E-state index is -0.496. The van der Waals surface area contributed by atoms with Crippen molar-refractivity contribution in [1.29, 1.82) is 0 Å². The van der Waals surface area contributed by atoms with E-state index in [0.717, 1.165) is 5.56 Å². The molecule has 7 nitrogen and oxygen atoms in total. The Hall–Kier alpha value is -3.22. The van der Waals surface area contributed by atoms with E-state index >= 15 is 0 Å². The molecule has 2 aromatic heterocycles. The zero-order valence-electron chi connectivity index (χ0n) is 15.5. The van der Waals surface area contributed by atoms with Gasteiger partial charge in [0.1, 0.15) is 11.4 Å². The molecule has 3 rings (SSSR count). The summed E-state index contributed by atoms with van der Waals surface area (Å²) in [6.45, 7) is 5.52. The van der Waals surface area contributed by atoms with E-state index in [0.29, 0.717) is 23.1 Å². The fraction of sp³-hybridized carbons (Fsp3) is 0.300. The molecule has 27 heavy (non-hydrogen) atoms. The Morgan fingerprint density at radius 2 is 2.04 bits per heavy atom. The predicted molar refractivity (Wildman–Crippen MR) is 101 cm³/mol. The van der Waals surface area contributed by atoms with E-state index in [1.165, 1.54) is 12.4 Å². The molecule has 0 saturated carbocycles. The van der Waals surface area contributed by atoms with Crippen molar-refractivity contribution >= 4 is 16.9 Å². The number of pyridine rings is 1. The number of aromatic amines is 1. The van der Waals surface area contributed by atoms with Crippen LogP contribution in [-0.4, -0.2) is 26.5 Å². The van der Waals surface area contributed by atoms with Crippen LogP contribution < -0.4 is 10.3 Å². The molecule has 0 radical (unpaired) electrons.